The standard InChI is InChI=1S/C15H17ClN2O3/c1-15(2,14(20)21)9-17-13(19)8-18-6-5-10-3-4-11(16)7-12(10)18/h3-7H,8-9H2,1-2H3,(H,17,19)(H,20,21). The lowest BCUT2D eigenvalue weighted by Crippen LogP contribution is -2.40. The highest BCUT2D eigenvalue weighted by Gasteiger charge is 2.27. The molecule has 0 unspecified atom stereocenters. The molecule has 0 aliphatic carbocycles. The molecule has 0 bridgehead atoms. The molecule has 0 radical (unpaired) electrons. The number of aliphatic carboxylic acids is 1. The molecule has 0 atom stereocenters. The van der Waals surface area contributed by atoms with E-state index in [1.54, 1.807) is 30.5 Å². The van der Waals surface area contributed by atoms with E-state index in [2.05, 4.69) is 5.32 Å². The summed E-state index contributed by atoms with van der Waals surface area (Å²) in [4.78, 5) is 22.9. The molecule has 2 N–H and O–H groups in total. The van der Waals surface area contributed by atoms with Crippen LogP contribution < -0.4 is 5.32 Å². The summed E-state index contributed by atoms with van der Waals surface area (Å²) in [5.74, 6) is -1.18. The first-order chi connectivity index (χ1) is 9.79. The Morgan fingerprint density at radius 2 is 2.05 bits per heavy atom. The van der Waals surface area contributed by atoms with E-state index in [-0.39, 0.29) is 19.0 Å². The highest BCUT2D eigenvalue weighted by atomic mass is 35.5. The lowest BCUT2D eigenvalue weighted by Gasteiger charge is -2.19. The topological polar surface area (TPSA) is 71.3 Å². The van der Waals surface area contributed by atoms with E-state index in [9.17, 15) is 9.59 Å². The van der Waals surface area contributed by atoms with Crippen molar-refractivity contribution in [1.82, 2.24) is 9.88 Å². The molecule has 112 valence electrons. The van der Waals surface area contributed by atoms with E-state index < -0.39 is 11.4 Å². The zero-order chi connectivity index (χ0) is 15.6. The first kappa shape index (κ1) is 15.4. The summed E-state index contributed by atoms with van der Waals surface area (Å²) < 4.78 is 1.78. The average molecular weight is 309 g/mol. The summed E-state index contributed by atoms with van der Waals surface area (Å²) in [5, 5.41) is 13.3. The van der Waals surface area contributed by atoms with Crippen molar-refractivity contribution in [3.63, 3.8) is 0 Å². The Morgan fingerprint density at radius 3 is 2.71 bits per heavy atom. The Labute approximate surface area is 127 Å². The molecule has 1 amide bonds. The number of carboxylic acids is 1. The summed E-state index contributed by atoms with van der Waals surface area (Å²) in [6.07, 6.45) is 1.81. The van der Waals surface area contributed by atoms with Gasteiger partial charge in [0.1, 0.15) is 6.54 Å². The number of rotatable bonds is 5. The second-order valence-corrected chi connectivity index (χ2v) is 6.05. The summed E-state index contributed by atoms with van der Waals surface area (Å²) >= 11 is 5.96. The fourth-order valence-electron chi connectivity index (χ4n) is 1.90. The number of nitrogens with one attached hydrogen (secondary N) is 1. The van der Waals surface area contributed by atoms with E-state index in [0.717, 1.165) is 10.9 Å². The monoisotopic (exact) mass is 308 g/mol. The predicted octanol–water partition coefficient (Wildman–Crippen LogP) is 2.52. The Hall–Kier alpha value is -2.01. The highest BCUT2D eigenvalue weighted by Crippen LogP contribution is 2.20. The van der Waals surface area contributed by atoms with Crippen molar-refractivity contribution < 1.29 is 14.7 Å². The minimum Gasteiger partial charge on any atom is -0.481 e. The van der Waals surface area contributed by atoms with Gasteiger partial charge in [0, 0.05) is 23.3 Å². The SMILES string of the molecule is CC(C)(CNC(=O)Cn1ccc2ccc(Cl)cc21)C(=O)O. The number of nitrogens with zero attached hydrogens (tertiary/aromatic N) is 1. The molecule has 0 aliphatic heterocycles. The highest BCUT2D eigenvalue weighted by molar-refractivity contribution is 6.31. The van der Waals surface area contributed by atoms with Gasteiger partial charge in [0.05, 0.1) is 5.41 Å². The molecule has 0 spiro atoms. The van der Waals surface area contributed by atoms with Gasteiger partial charge in [-0.3, -0.25) is 9.59 Å². The van der Waals surface area contributed by atoms with Crippen LogP contribution in [-0.4, -0.2) is 28.1 Å². The zero-order valence-corrected chi connectivity index (χ0v) is 12.6. The third-order valence-electron chi connectivity index (χ3n) is 3.36. The molecule has 0 aliphatic rings. The van der Waals surface area contributed by atoms with Gasteiger partial charge < -0.3 is 15.0 Å². The zero-order valence-electron chi connectivity index (χ0n) is 11.9. The van der Waals surface area contributed by atoms with Crippen LogP contribution in [0.25, 0.3) is 10.9 Å². The summed E-state index contributed by atoms with van der Waals surface area (Å²) in [7, 11) is 0. The fourth-order valence-corrected chi connectivity index (χ4v) is 2.07. The molecule has 0 saturated carbocycles. The van der Waals surface area contributed by atoms with E-state index >= 15 is 0 Å². The van der Waals surface area contributed by atoms with Crippen LogP contribution in [0, 0.1) is 5.41 Å². The van der Waals surface area contributed by atoms with Crippen LogP contribution in [0.3, 0.4) is 0 Å². The van der Waals surface area contributed by atoms with Crippen LogP contribution in [-0.2, 0) is 16.1 Å². The number of aromatic nitrogens is 1. The van der Waals surface area contributed by atoms with Gasteiger partial charge in [0.25, 0.3) is 0 Å². The largest absolute Gasteiger partial charge is 0.481 e. The average Bonchev–Trinajstić information content (AvgIpc) is 2.79. The van der Waals surface area contributed by atoms with Gasteiger partial charge in [-0.15, -0.1) is 0 Å². The van der Waals surface area contributed by atoms with Gasteiger partial charge in [0.15, 0.2) is 0 Å². The van der Waals surface area contributed by atoms with Gasteiger partial charge in [-0.2, -0.15) is 0 Å². The van der Waals surface area contributed by atoms with Crippen LogP contribution >= 0.6 is 11.6 Å². The van der Waals surface area contributed by atoms with E-state index in [0.29, 0.717) is 5.02 Å². The van der Waals surface area contributed by atoms with Crippen LogP contribution in [0.4, 0.5) is 0 Å². The maximum atomic E-state index is 12.0. The number of carbonyl (C=O) groups is 2. The van der Waals surface area contributed by atoms with Crippen molar-refractivity contribution >= 4 is 34.4 Å². The number of carboxylic acid groups (broad SMARTS) is 1. The van der Waals surface area contributed by atoms with Gasteiger partial charge in [0.2, 0.25) is 5.91 Å². The van der Waals surface area contributed by atoms with Gasteiger partial charge >= 0.3 is 5.97 Å². The first-order valence-electron chi connectivity index (χ1n) is 6.54. The second-order valence-electron chi connectivity index (χ2n) is 5.61. The predicted molar refractivity (Wildman–Crippen MR) is 81.4 cm³/mol. The van der Waals surface area contributed by atoms with Crippen molar-refractivity contribution in [3.8, 4) is 0 Å². The third-order valence-corrected chi connectivity index (χ3v) is 3.59. The number of benzene rings is 1. The van der Waals surface area contributed by atoms with Crippen molar-refractivity contribution in [2.75, 3.05) is 6.54 Å². The molecular weight excluding hydrogens is 292 g/mol. The first-order valence-corrected chi connectivity index (χ1v) is 6.92. The van der Waals surface area contributed by atoms with Gasteiger partial charge in [-0.1, -0.05) is 17.7 Å². The summed E-state index contributed by atoms with van der Waals surface area (Å²) in [6.45, 7) is 3.35. The molecule has 2 aromatic rings. The lowest BCUT2D eigenvalue weighted by molar-refractivity contribution is -0.146. The number of hydrogen-bond acceptors (Lipinski definition) is 2. The molecule has 0 fully saturated rings. The van der Waals surface area contributed by atoms with Crippen molar-refractivity contribution in [2.24, 2.45) is 5.41 Å². The van der Waals surface area contributed by atoms with Gasteiger partial charge in [-0.05, 0) is 37.4 Å². The maximum Gasteiger partial charge on any atom is 0.310 e. The summed E-state index contributed by atoms with van der Waals surface area (Å²) in [5.41, 5.74) is -0.118. The number of carbonyl (C=O) groups excluding carboxylic acids is 1. The summed E-state index contributed by atoms with van der Waals surface area (Å²) in [6, 6.07) is 7.38. The van der Waals surface area contributed by atoms with Crippen LogP contribution in [0.2, 0.25) is 5.02 Å². The lowest BCUT2D eigenvalue weighted by atomic mass is 9.94. The van der Waals surface area contributed by atoms with Crippen molar-refractivity contribution in [2.45, 2.75) is 20.4 Å². The Kier molecular flexibility index (Phi) is 4.23. The number of hydrogen-bond donors (Lipinski definition) is 2. The maximum absolute atomic E-state index is 12.0. The van der Waals surface area contributed by atoms with Gasteiger partial charge in [-0.25, -0.2) is 0 Å². The van der Waals surface area contributed by atoms with E-state index in [1.165, 1.54) is 0 Å². The molecule has 1 aromatic heterocycles. The van der Waals surface area contributed by atoms with E-state index in [4.69, 9.17) is 16.7 Å². The Morgan fingerprint density at radius 1 is 1.33 bits per heavy atom. The Balaban J connectivity index is 2.05. The smallest absolute Gasteiger partial charge is 0.310 e. The Bertz CT molecular complexity index is 691. The van der Waals surface area contributed by atoms with Crippen LogP contribution in [0.5, 0.6) is 0 Å². The molecule has 1 heterocycles. The molecule has 5 nitrogen and oxygen atoms in total. The number of halogens is 1. The second kappa shape index (κ2) is 5.77. The molecule has 0 saturated heterocycles. The molecule has 21 heavy (non-hydrogen) atoms. The molecule has 2 rings (SSSR count). The fraction of sp³-hybridized carbons (Fsp3) is 0.333. The number of amides is 1. The van der Waals surface area contributed by atoms with Crippen LogP contribution in [0.1, 0.15) is 13.8 Å². The van der Waals surface area contributed by atoms with Crippen LogP contribution in [0.15, 0.2) is 30.5 Å². The molecule has 6 heteroatoms. The molecule has 1 aromatic carbocycles. The third kappa shape index (κ3) is 3.55. The quantitative estimate of drug-likeness (QED) is 0.891. The molecular formula is C15H17ClN2O3. The number of fused-ring (bicyclic) bond motifs is 1. The van der Waals surface area contributed by atoms with Crippen molar-refractivity contribution in [3.05, 3.63) is 35.5 Å². The van der Waals surface area contributed by atoms with Crippen molar-refractivity contribution in [1.29, 1.82) is 0 Å². The normalized spacial score (nSPS) is 11.6. The minimum atomic E-state index is -0.988. The van der Waals surface area contributed by atoms with E-state index in [1.807, 2.05) is 18.3 Å². The minimum absolute atomic E-state index is 0.0844.